The summed E-state index contributed by atoms with van der Waals surface area (Å²) in [6, 6.07) is 15.2. The summed E-state index contributed by atoms with van der Waals surface area (Å²) in [5.41, 5.74) is 1.49. The highest BCUT2D eigenvalue weighted by Gasteiger charge is 2.20. The lowest BCUT2D eigenvalue weighted by atomic mass is 10.0. The van der Waals surface area contributed by atoms with Gasteiger partial charge in [0.2, 0.25) is 0 Å². The molecular formula is C17H18O3S. The highest BCUT2D eigenvalue weighted by atomic mass is 32.2. The van der Waals surface area contributed by atoms with E-state index in [1.165, 1.54) is 0 Å². The maximum atomic E-state index is 12.3. The monoisotopic (exact) mass is 302 g/mol. The van der Waals surface area contributed by atoms with Gasteiger partial charge in [-0.05, 0) is 23.6 Å². The van der Waals surface area contributed by atoms with Gasteiger partial charge in [0, 0.05) is 5.56 Å². The molecule has 0 unspecified atom stereocenters. The van der Waals surface area contributed by atoms with E-state index in [2.05, 4.69) is 0 Å². The van der Waals surface area contributed by atoms with Gasteiger partial charge in [0.05, 0.1) is 4.90 Å². The van der Waals surface area contributed by atoms with E-state index < -0.39 is 15.6 Å². The molecule has 0 saturated heterocycles. The second-order valence-corrected chi connectivity index (χ2v) is 7.26. The van der Waals surface area contributed by atoms with Crippen LogP contribution in [0, 0.1) is 0 Å². The molecule has 0 aliphatic rings. The predicted molar refractivity (Wildman–Crippen MR) is 83.4 cm³/mol. The number of hydrogen-bond donors (Lipinski definition) is 0. The van der Waals surface area contributed by atoms with Crippen molar-refractivity contribution in [1.29, 1.82) is 0 Å². The number of carbonyl (C=O) groups excluding carboxylic acids is 1. The van der Waals surface area contributed by atoms with Crippen molar-refractivity contribution < 1.29 is 13.2 Å². The molecule has 2 rings (SSSR count). The summed E-state index contributed by atoms with van der Waals surface area (Å²) < 4.78 is 24.6. The van der Waals surface area contributed by atoms with Gasteiger partial charge in [-0.15, -0.1) is 0 Å². The quantitative estimate of drug-likeness (QED) is 0.795. The molecule has 0 aliphatic carbocycles. The zero-order valence-electron chi connectivity index (χ0n) is 12.1. The summed E-state index contributed by atoms with van der Waals surface area (Å²) in [6.07, 6.45) is 0. The van der Waals surface area contributed by atoms with Crippen LogP contribution in [0.15, 0.2) is 59.5 Å². The third-order valence-corrected chi connectivity index (χ3v) is 4.96. The van der Waals surface area contributed by atoms with Gasteiger partial charge in [-0.3, -0.25) is 4.79 Å². The van der Waals surface area contributed by atoms with Crippen LogP contribution in [0.5, 0.6) is 0 Å². The molecule has 3 nitrogen and oxygen atoms in total. The number of benzene rings is 2. The Hall–Kier alpha value is -1.94. The van der Waals surface area contributed by atoms with E-state index in [0.717, 1.165) is 5.56 Å². The van der Waals surface area contributed by atoms with Crippen LogP contribution in [-0.4, -0.2) is 20.0 Å². The first-order valence-electron chi connectivity index (χ1n) is 6.81. The smallest absolute Gasteiger partial charge is 0.185 e. The number of Topliss-reactive ketones (excluding diaryl/α,β-unsaturated/α-hetero) is 1. The zero-order valence-corrected chi connectivity index (χ0v) is 12.9. The Kier molecular flexibility index (Phi) is 4.58. The average Bonchev–Trinajstić information content (AvgIpc) is 2.48. The number of hydrogen-bond acceptors (Lipinski definition) is 3. The summed E-state index contributed by atoms with van der Waals surface area (Å²) in [6.45, 7) is 4.09. The minimum atomic E-state index is -3.60. The molecule has 110 valence electrons. The van der Waals surface area contributed by atoms with Crippen LogP contribution in [0.4, 0.5) is 0 Å². The SMILES string of the molecule is CC(C)c1ccc(S(=O)(=O)CC(=O)c2ccccc2)cc1. The molecule has 0 aromatic heterocycles. The number of ketones is 1. The summed E-state index contributed by atoms with van der Waals surface area (Å²) in [4.78, 5) is 12.2. The maximum absolute atomic E-state index is 12.3. The molecule has 0 bridgehead atoms. The van der Waals surface area contributed by atoms with Crippen LogP contribution in [0.1, 0.15) is 35.7 Å². The minimum Gasteiger partial charge on any atom is -0.293 e. The van der Waals surface area contributed by atoms with Crippen LogP contribution >= 0.6 is 0 Å². The molecule has 21 heavy (non-hydrogen) atoms. The Morgan fingerprint density at radius 1 is 0.952 bits per heavy atom. The molecular weight excluding hydrogens is 284 g/mol. The lowest BCUT2D eigenvalue weighted by Gasteiger charge is -2.08. The van der Waals surface area contributed by atoms with E-state index in [1.807, 2.05) is 13.8 Å². The van der Waals surface area contributed by atoms with Crippen molar-refractivity contribution in [2.24, 2.45) is 0 Å². The van der Waals surface area contributed by atoms with E-state index in [-0.39, 0.29) is 10.7 Å². The van der Waals surface area contributed by atoms with Crippen LogP contribution in [0.3, 0.4) is 0 Å². The number of rotatable bonds is 5. The molecule has 0 aliphatic heterocycles. The second kappa shape index (κ2) is 6.22. The van der Waals surface area contributed by atoms with Gasteiger partial charge in [0.1, 0.15) is 5.75 Å². The fourth-order valence-corrected chi connectivity index (χ4v) is 3.25. The van der Waals surface area contributed by atoms with Gasteiger partial charge in [0.25, 0.3) is 0 Å². The van der Waals surface area contributed by atoms with Crippen LogP contribution in [-0.2, 0) is 9.84 Å². The Morgan fingerprint density at radius 2 is 1.52 bits per heavy atom. The van der Waals surface area contributed by atoms with E-state index >= 15 is 0 Å². The largest absolute Gasteiger partial charge is 0.293 e. The molecule has 0 radical (unpaired) electrons. The van der Waals surface area contributed by atoms with Crippen LogP contribution < -0.4 is 0 Å². The summed E-state index contributed by atoms with van der Waals surface area (Å²) >= 11 is 0. The van der Waals surface area contributed by atoms with E-state index in [0.29, 0.717) is 11.5 Å². The first-order chi connectivity index (χ1) is 9.90. The van der Waals surface area contributed by atoms with Crippen molar-refractivity contribution in [3.8, 4) is 0 Å². The standard InChI is InChI=1S/C17H18O3S/c1-13(2)14-8-10-16(11-9-14)21(19,20)12-17(18)15-6-4-3-5-7-15/h3-11,13H,12H2,1-2H3. The summed E-state index contributed by atoms with van der Waals surface area (Å²) in [5.74, 6) is -0.547. The molecule has 0 atom stereocenters. The highest BCUT2D eigenvalue weighted by Crippen LogP contribution is 2.18. The Labute approximate surface area is 125 Å². The van der Waals surface area contributed by atoms with Gasteiger partial charge in [-0.2, -0.15) is 0 Å². The molecule has 0 fully saturated rings. The fourth-order valence-electron chi connectivity index (χ4n) is 2.02. The molecule has 2 aromatic rings. The van der Waals surface area contributed by atoms with Gasteiger partial charge in [0.15, 0.2) is 15.6 Å². The average molecular weight is 302 g/mol. The summed E-state index contributed by atoms with van der Waals surface area (Å²) in [7, 11) is -3.60. The fraction of sp³-hybridized carbons (Fsp3) is 0.235. The van der Waals surface area contributed by atoms with Crippen molar-refractivity contribution in [3.05, 3.63) is 65.7 Å². The van der Waals surface area contributed by atoms with Crippen molar-refractivity contribution >= 4 is 15.6 Å². The van der Waals surface area contributed by atoms with Crippen molar-refractivity contribution in [1.82, 2.24) is 0 Å². The topological polar surface area (TPSA) is 51.2 Å². The first-order valence-corrected chi connectivity index (χ1v) is 8.46. The van der Waals surface area contributed by atoms with Crippen molar-refractivity contribution in [2.45, 2.75) is 24.7 Å². The third kappa shape index (κ3) is 3.79. The minimum absolute atomic E-state index is 0.191. The van der Waals surface area contributed by atoms with Gasteiger partial charge >= 0.3 is 0 Å². The van der Waals surface area contributed by atoms with E-state index in [4.69, 9.17) is 0 Å². The van der Waals surface area contributed by atoms with Gasteiger partial charge < -0.3 is 0 Å². The molecule has 0 N–H and O–H groups in total. The maximum Gasteiger partial charge on any atom is 0.185 e. The molecule has 0 spiro atoms. The Balaban J connectivity index is 2.20. The number of sulfone groups is 1. The molecule has 2 aromatic carbocycles. The lowest BCUT2D eigenvalue weighted by Crippen LogP contribution is -2.16. The van der Waals surface area contributed by atoms with Gasteiger partial charge in [-0.25, -0.2) is 8.42 Å². The van der Waals surface area contributed by atoms with Gasteiger partial charge in [-0.1, -0.05) is 56.3 Å². The third-order valence-electron chi connectivity index (χ3n) is 3.32. The molecule has 0 heterocycles. The van der Waals surface area contributed by atoms with Crippen LogP contribution in [0.2, 0.25) is 0 Å². The normalized spacial score (nSPS) is 11.6. The van der Waals surface area contributed by atoms with Crippen LogP contribution in [0.25, 0.3) is 0 Å². The van der Waals surface area contributed by atoms with E-state index in [1.54, 1.807) is 54.6 Å². The first kappa shape index (κ1) is 15.4. The Bertz CT molecular complexity index is 714. The second-order valence-electron chi connectivity index (χ2n) is 5.27. The Morgan fingerprint density at radius 3 is 2.05 bits per heavy atom. The zero-order chi connectivity index (χ0) is 15.5. The number of carbonyl (C=O) groups is 1. The lowest BCUT2D eigenvalue weighted by molar-refractivity contribution is 0.102. The molecule has 0 amide bonds. The van der Waals surface area contributed by atoms with Crippen molar-refractivity contribution in [2.75, 3.05) is 5.75 Å². The molecule has 4 heteroatoms. The molecule has 0 saturated carbocycles. The van der Waals surface area contributed by atoms with Crippen molar-refractivity contribution in [3.63, 3.8) is 0 Å². The predicted octanol–water partition coefficient (Wildman–Crippen LogP) is 3.47. The van der Waals surface area contributed by atoms with E-state index in [9.17, 15) is 13.2 Å². The highest BCUT2D eigenvalue weighted by molar-refractivity contribution is 7.92. The summed E-state index contributed by atoms with van der Waals surface area (Å²) in [5, 5.41) is 0.